The van der Waals surface area contributed by atoms with Crippen molar-refractivity contribution in [3.8, 4) is 5.75 Å². The summed E-state index contributed by atoms with van der Waals surface area (Å²) in [5.74, 6) is 0.546. The van der Waals surface area contributed by atoms with Crippen LogP contribution in [0.4, 0.5) is 0 Å². The highest BCUT2D eigenvalue weighted by atomic mass is 16.5. The van der Waals surface area contributed by atoms with Crippen molar-refractivity contribution < 1.29 is 9.53 Å². The molecule has 0 aromatic heterocycles. The maximum Gasteiger partial charge on any atom is 0.200 e. The minimum Gasteiger partial charge on any atom is -0.490 e. The minimum absolute atomic E-state index is 0.00811. The fourth-order valence-electron chi connectivity index (χ4n) is 3.87. The number of hydrogen-bond acceptors (Lipinski definition) is 4. The van der Waals surface area contributed by atoms with Crippen molar-refractivity contribution in [3.63, 3.8) is 0 Å². The molecule has 0 aliphatic carbocycles. The molecule has 2 aliphatic heterocycles. The smallest absolute Gasteiger partial charge is 0.200 e. The van der Waals surface area contributed by atoms with Crippen molar-refractivity contribution in [2.45, 2.75) is 11.5 Å². The highest BCUT2D eigenvalue weighted by Crippen LogP contribution is 2.44. The van der Waals surface area contributed by atoms with Gasteiger partial charge in [0.2, 0.25) is 0 Å². The minimum atomic E-state index is -0.948. The molecule has 3 aromatic carbocycles. The Kier molecular flexibility index (Phi) is 3.01. The van der Waals surface area contributed by atoms with Gasteiger partial charge in [0.05, 0.1) is 12.1 Å². The van der Waals surface area contributed by atoms with E-state index in [0.717, 1.165) is 10.9 Å². The van der Waals surface area contributed by atoms with E-state index in [4.69, 9.17) is 4.74 Å². The van der Waals surface area contributed by atoms with Crippen LogP contribution in [-0.2, 0) is 0 Å². The second-order valence-electron chi connectivity index (χ2n) is 6.62. The zero-order valence-electron chi connectivity index (χ0n) is 13.6. The van der Waals surface area contributed by atoms with Crippen LogP contribution in [0.1, 0.15) is 21.8 Å². The molecule has 4 nitrogen and oxygen atoms in total. The highest BCUT2D eigenvalue weighted by Gasteiger charge is 2.53. The molecule has 0 N–H and O–H groups in total. The van der Waals surface area contributed by atoms with Crippen LogP contribution in [0.5, 0.6) is 5.75 Å². The average Bonchev–Trinajstić information content (AvgIpc) is 3.09. The molecule has 0 fully saturated rings. The first-order chi connectivity index (χ1) is 12.3. The lowest BCUT2D eigenvalue weighted by Crippen LogP contribution is -2.49. The molecule has 0 saturated carbocycles. The van der Waals surface area contributed by atoms with E-state index in [2.05, 4.69) is 40.6 Å². The van der Waals surface area contributed by atoms with Crippen molar-refractivity contribution in [1.82, 2.24) is 0 Å². The second kappa shape index (κ2) is 5.24. The first kappa shape index (κ1) is 14.3. The lowest BCUT2D eigenvalue weighted by atomic mass is 9.74. The fourth-order valence-corrected chi connectivity index (χ4v) is 3.87. The fraction of sp³-hybridized carbons (Fsp3) is 0.190. The van der Waals surface area contributed by atoms with Crippen molar-refractivity contribution >= 4 is 16.6 Å². The molecule has 1 unspecified atom stereocenters. The third-order valence-corrected chi connectivity index (χ3v) is 5.24. The number of carbonyl (C=O) groups excluding carboxylic acids is 1. The summed E-state index contributed by atoms with van der Waals surface area (Å²) >= 11 is 0. The van der Waals surface area contributed by atoms with Crippen molar-refractivity contribution in [1.29, 1.82) is 0 Å². The van der Waals surface area contributed by atoms with Crippen LogP contribution < -0.4 is 4.74 Å². The van der Waals surface area contributed by atoms with Gasteiger partial charge in [-0.25, -0.2) is 0 Å². The number of ether oxygens (including phenoxy) is 1. The SMILES string of the molecule is O=C1c2ccccc2OCC12N=NC[C@H]2c1ccc2ccccc2c1. The van der Waals surface area contributed by atoms with Crippen LogP contribution in [0.15, 0.2) is 77.0 Å². The number of nitrogens with zero attached hydrogens (tertiary/aromatic N) is 2. The molecule has 4 heteroatoms. The molecule has 3 aromatic rings. The lowest BCUT2D eigenvalue weighted by Gasteiger charge is -2.34. The van der Waals surface area contributed by atoms with Gasteiger partial charge in [-0.2, -0.15) is 10.2 Å². The predicted molar refractivity (Wildman–Crippen MR) is 95.4 cm³/mol. The van der Waals surface area contributed by atoms with E-state index in [1.807, 2.05) is 36.4 Å². The summed E-state index contributed by atoms with van der Waals surface area (Å²) in [5.41, 5.74) is 0.733. The molecule has 25 heavy (non-hydrogen) atoms. The van der Waals surface area contributed by atoms with Gasteiger partial charge < -0.3 is 4.74 Å². The first-order valence-corrected chi connectivity index (χ1v) is 8.42. The second-order valence-corrected chi connectivity index (χ2v) is 6.62. The van der Waals surface area contributed by atoms with E-state index >= 15 is 0 Å². The monoisotopic (exact) mass is 328 g/mol. The van der Waals surface area contributed by atoms with Gasteiger partial charge in [-0.15, -0.1) is 0 Å². The standard InChI is InChI=1S/C21H16N2O2/c24-20-17-7-3-4-8-19(17)25-13-21(20)18(12-22-23-21)16-10-9-14-5-1-2-6-15(14)11-16/h1-11,18H,12-13H2/t18-,21?/m0/s1. The van der Waals surface area contributed by atoms with Crippen molar-refractivity contribution in [3.05, 3.63) is 77.9 Å². The Morgan fingerprint density at radius 2 is 1.76 bits per heavy atom. The Balaban J connectivity index is 1.61. The summed E-state index contributed by atoms with van der Waals surface area (Å²) < 4.78 is 5.90. The third-order valence-electron chi connectivity index (χ3n) is 5.24. The van der Waals surface area contributed by atoms with E-state index in [0.29, 0.717) is 17.9 Å². The number of rotatable bonds is 1. The van der Waals surface area contributed by atoms with Crippen LogP contribution in [0.3, 0.4) is 0 Å². The zero-order valence-corrected chi connectivity index (χ0v) is 13.6. The molecule has 1 spiro atoms. The van der Waals surface area contributed by atoms with Gasteiger partial charge in [0, 0.05) is 5.92 Å². The molecular formula is C21H16N2O2. The van der Waals surface area contributed by atoms with E-state index < -0.39 is 5.54 Å². The molecule has 5 rings (SSSR count). The summed E-state index contributed by atoms with van der Waals surface area (Å²) in [7, 11) is 0. The first-order valence-electron chi connectivity index (χ1n) is 8.42. The molecular weight excluding hydrogens is 312 g/mol. The molecule has 0 amide bonds. The quantitative estimate of drug-likeness (QED) is 0.664. The van der Waals surface area contributed by atoms with Crippen molar-refractivity contribution in [2.75, 3.05) is 13.2 Å². The number of benzene rings is 3. The van der Waals surface area contributed by atoms with E-state index in [-0.39, 0.29) is 18.3 Å². The van der Waals surface area contributed by atoms with E-state index in [1.54, 1.807) is 0 Å². The number of azo groups is 1. The Hall–Kier alpha value is -3.01. The van der Waals surface area contributed by atoms with Crippen molar-refractivity contribution in [2.24, 2.45) is 10.2 Å². The van der Waals surface area contributed by atoms with Gasteiger partial charge in [-0.05, 0) is 28.5 Å². The third kappa shape index (κ3) is 2.03. The Bertz CT molecular complexity index is 1030. The molecule has 2 heterocycles. The molecule has 2 aliphatic rings. The maximum atomic E-state index is 13.3. The maximum absolute atomic E-state index is 13.3. The zero-order chi connectivity index (χ0) is 16.9. The highest BCUT2D eigenvalue weighted by molar-refractivity contribution is 6.07. The molecule has 122 valence electrons. The van der Waals surface area contributed by atoms with Gasteiger partial charge in [0.1, 0.15) is 12.4 Å². The van der Waals surface area contributed by atoms with Gasteiger partial charge in [-0.3, -0.25) is 4.79 Å². The molecule has 0 saturated heterocycles. The molecule has 0 radical (unpaired) electrons. The van der Waals surface area contributed by atoms with Gasteiger partial charge in [-0.1, -0.05) is 54.6 Å². The number of carbonyl (C=O) groups is 1. The number of fused-ring (bicyclic) bond motifs is 2. The van der Waals surface area contributed by atoms with Crippen LogP contribution in [0.25, 0.3) is 10.8 Å². The topological polar surface area (TPSA) is 51.0 Å². The average molecular weight is 328 g/mol. The Labute approximate surface area is 145 Å². The lowest BCUT2D eigenvalue weighted by molar-refractivity contribution is 0.0759. The number of para-hydroxylation sites is 1. The number of ketones is 1. The van der Waals surface area contributed by atoms with Gasteiger partial charge >= 0.3 is 0 Å². The number of hydrogen-bond donors (Lipinski definition) is 0. The van der Waals surface area contributed by atoms with Gasteiger partial charge in [0.15, 0.2) is 11.3 Å². The summed E-state index contributed by atoms with van der Waals surface area (Å²) in [4.78, 5) is 13.3. The molecule has 2 atom stereocenters. The largest absolute Gasteiger partial charge is 0.490 e. The Morgan fingerprint density at radius 1 is 0.960 bits per heavy atom. The summed E-state index contributed by atoms with van der Waals surface area (Å²) in [6.07, 6.45) is 0. The van der Waals surface area contributed by atoms with Crippen LogP contribution in [-0.4, -0.2) is 24.5 Å². The van der Waals surface area contributed by atoms with E-state index in [1.165, 1.54) is 5.39 Å². The normalized spacial score (nSPS) is 24.5. The van der Waals surface area contributed by atoms with E-state index in [9.17, 15) is 4.79 Å². The van der Waals surface area contributed by atoms with Crippen LogP contribution >= 0.6 is 0 Å². The van der Waals surface area contributed by atoms with Gasteiger partial charge in [0.25, 0.3) is 0 Å². The summed E-state index contributed by atoms with van der Waals surface area (Å²) in [6.45, 7) is 0.749. The van der Waals surface area contributed by atoms with Crippen LogP contribution in [0, 0.1) is 0 Å². The Morgan fingerprint density at radius 3 is 2.68 bits per heavy atom. The summed E-state index contributed by atoms with van der Waals surface area (Å²) in [6, 6.07) is 21.9. The van der Waals surface area contributed by atoms with Crippen LogP contribution in [0.2, 0.25) is 0 Å². The number of Topliss-reactive ketones (excluding diaryl/α,β-unsaturated/α-hetero) is 1. The predicted octanol–water partition coefficient (Wildman–Crippen LogP) is 4.40. The summed E-state index contributed by atoms with van der Waals surface area (Å²) in [5, 5.41) is 11.0. The molecule has 0 bridgehead atoms.